The number of likely N-dealkylation sites (N-methyl/N-ethyl adjacent to an activating group) is 1. The molecule has 1 aliphatic carbocycles. The van der Waals surface area contributed by atoms with Crippen LogP contribution < -0.4 is 0 Å². The van der Waals surface area contributed by atoms with Crippen molar-refractivity contribution in [2.24, 2.45) is 0 Å². The average Bonchev–Trinajstić information content (AvgIpc) is 2.60. The molecule has 130 valence electrons. The van der Waals surface area contributed by atoms with E-state index in [9.17, 15) is 4.79 Å². The Balaban J connectivity index is 1.78. The maximum Gasteiger partial charge on any atom is 0.222 e. The van der Waals surface area contributed by atoms with Crippen LogP contribution in [0.3, 0.4) is 0 Å². The molecule has 0 radical (unpaired) electrons. The van der Waals surface area contributed by atoms with Gasteiger partial charge >= 0.3 is 0 Å². The molecule has 1 heterocycles. The van der Waals surface area contributed by atoms with Crippen molar-refractivity contribution in [3.05, 3.63) is 58.7 Å². The molecule has 1 unspecified atom stereocenters. The summed E-state index contributed by atoms with van der Waals surface area (Å²) < 4.78 is 0. The first kappa shape index (κ1) is 16.4. The lowest BCUT2D eigenvalue weighted by Gasteiger charge is -2.50. The number of benzene rings is 2. The Bertz CT molecular complexity index is 853. The highest BCUT2D eigenvalue weighted by Crippen LogP contribution is 2.46. The quantitative estimate of drug-likeness (QED) is 0.734. The van der Waals surface area contributed by atoms with Crippen LogP contribution in [0.5, 0.6) is 0 Å². The summed E-state index contributed by atoms with van der Waals surface area (Å²) in [5.41, 5.74) is 8.39. The molecule has 1 fully saturated rings. The van der Waals surface area contributed by atoms with E-state index in [4.69, 9.17) is 0 Å². The van der Waals surface area contributed by atoms with Gasteiger partial charge in [0, 0.05) is 24.9 Å². The van der Waals surface area contributed by atoms with Crippen molar-refractivity contribution in [1.29, 1.82) is 0 Å². The van der Waals surface area contributed by atoms with Gasteiger partial charge in [0.1, 0.15) is 0 Å². The largest absolute Gasteiger partial charge is 0.342 e. The van der Waals surface area contributed by atoms with Gasteiger partial charge in [-0.3, -0.25) is 4.79 Å². The standard InChI is InChI=1S/C23H27NO/c1-15-6-5-7-19(16(15)2)17-8-10-20-18(14-17)9-11-21-23(20,3)13-12-22(25)24(21)4/h5-8,10,14,21H,9,11-13H2,1-4H3/t21?,23-/m1/s1. The molecule has 0 bridgehead atoms. The minimum Gasteiger partial charge on any atom is -0.342 e. The zero-order chi connectivity index (χ0) is 17.8. The van der Waals surface area contributed by atoms with Crippen LogP contribution >= 0.6 is 0 Å². The first-order valence-corrected chi connectivity index (χ1v) is 9.37. The Hall–Kier alpha value is -2.09. The minimum atomic E-state index is 0.0937. The zero-order valence-electron chi connectivity index (χ0n) is 15.7. The smallest absolute Gasteiger partial charge is 0.222 e. The van der Waals surface area contributed by atoms with Gasteiger partial charge in [0.25, 0.3) is 0 Å². The molecule has 1 amide bonds. The van der Waals surface area contributed by atoms with Crippen molar-refractivity contribution in [2.75, 3.05) is 7.05 Å². The van der Waals surface area contributed by atoms with Gasteiger partial charge in [-0.15, -0.1) is 0 Å². The molecule has 2 aromatic rings. The summed E-state index contributed by atoms with van der Waals surface area (Å²) in [7, 11) is 1.99. The van der Waals surface area contributed by atoms with Crippen molar-refractivity contribution >= 4 is 5.91 Å². The second kappa shape index (κ2) is 5.72. The number of fused-ring (bicyclic) bond motifs is 3. The average molecular weight is 333 g/mol. The van der Waals surface area contributed by atoms with Gasteiger partial charge in [-0.25, -0.2) is 0 Å². The van der Waals surface area contributed by atoms with Crippen LogP contribution in [0, 0.1) is 13.8 Å². The van der Waals surface area contributed by atoms with Gasteiger partial charge in [0.05, 0.1) is 0 Å². The Labute approximate surface area is 150 Å². The fourth-order valence-electron chi connectivity index (χ4n) is 5.02. The van der Waals surface area contributed by atoms with Crippen LogP contribution in [0.15, 0.2) is 36.4 Å². The molecule has 1 aliphatic heterocycles. The van der Waals surface area contributed by atoms with Gasteiger partial charge in [0.15, 0.2) is 0 Å². The van der Waals surface area contributed by atoms with Crippen LogP contribution in [0.4, 0.5) is 0 Å². The van der Waals surface area contributed by atoms with E-state index in [0.29, 0.717) is 18.4 Å². The van der Waals surface area contributed by atoms with E-state index in [-0.39, 0.29) is 5.41 Å². The molecule has 25 heavy (non-hydrogen) atoms. The van der Waals surface area contributed by atoms with Crippen molar-refractivity contribution in [3.8, 4) is 11.1 Å². The van der Waals surface area contributed by atoms with Gasteiger partial charge in [-0.2, -0.15) is 0 Å². The van der Waals surface area contributed by atoms with E-state index < -0.39 is 0 Å². The summed E-state index contributed by atoms with van der Waals surface area (Å²) in [5, 5.41) is 0. The highest BCUT2D eigenvalue weighted by molar-refractivity contribution is 5.78. The lowest BCUT2D eigenvalue weighted by molar-refractivity contribution is -0.138. The van der Waals surface area contributed by atoms with E-state index in [1.807, 2.05) is 11.9 Å². The SMILES string of the molecule is Cc1cccc(-c2ccc3c(c2)CCC2N(C)C(=O)CC[C@]32C)c1C. The number of amides is 1. The third-order valence-corrected chi connectivity index (χ3v) is 6.78. The monoisotopic (exact) mass is 333 g/mol. The van der Waals surface area contributed by atoms with Crippen molar-refractivity contribution in [2.45, 2.75) is 57.9 Å². The lowest BCUT2D eigenvalue weighted by atomic mass is 9.63. The number of carbonyl (C=O) groups is 1. The van der Waals surface area contributed by atoms with E-state index in [0.717, 1.165) is 19.3 Å². The number of nitrogens with zero attached hydrogens (tertiary/aromatic N) is 1. The normalized spacial score (nSPS) is 25.5. The maximum atomic E-state index is 12.1. The Morgan fingerprint density at radius 2 is 1.92 bits per heavy atom. The highest BCUT2D eigenvalue weighted by Gasteiger charge is 2.46. The second-order valence-corrected chi connectivity index (χ2v) is 8.10. The number of hydrogen-bond acceptors (Lipinski definition) is 1. The topological polar surface area (TPSA) is 20.3 Å². The number of aryl methyl sites for hydroxylation is 2. The molecular weight excluding hydrogens is 306 g/mol. The molecule has 2 aliphatic rings. The highest BCUT2D eigenvalue weighted by atomic mass is 16.2. The van der Waals surface area contributed by atoms with Crippen LogP contribution in [-0.4, -0.2) is 23.9 Å². The molecule has 2 heteroatoms. The Kier molecular flexibility index (Phi) is 3.75. The first-order chi connectivity index (χ1) is 11.9. The molecule has 0 saturated carbocycles. The molecule has 0 spiro atoms. The van der Waals surface area contributed by atoms with Gasteiger partial charge < -0.3 is 4.90 Å². The molecular formula is C23H27NO. The van der Waals surface area contributed by atoms with E-state index >= 15 is 0 Å². The third-order valence-electron chi connectivity index (χ3n) is 6.78. The Morgan fingerprint density at radius 1 is 1.12 bits per heavy atom. The predicted octanol–water partition coefficient (Wildman–Crippen LogP) is 4.80. The number of hydrogen-bond donors (Lipinski definition) is 0. The molecule has 1 saturated heterocycles. The molecule has 0 aromatic heterocycles. The van der Waals surface area contributed by atoms with Crippen LogP contribution in [0.25, 0.3) is 11.1 Å². The van der Waals surface area contributed by atoms with E-state index in [1.54, 1.807) is 0 Å². The zero-order valence-corrected chi connectivity index (χ0v) is 15.7. The summed E-state index contributed by atoms with van der Waals surface area (Å²) in [6.45, 7) is 6.75. The van der Waals surface area contributed by atoms with Crippen molar-refractivity contribution in [3.63, 3.8) is 0 Å². The third kappa shape index (κ3) is 2.42. The van der Waals surface area contributed by atoms with Gasteiger partial charge in [0.2, 0.25) is 5.91 Å². The lowest BCUT2D eigenvalue weighted by Crippen LogP contribution is -2.56. The minimum absolute atomic E-state index is 0.0937. The molecule has 0 N–H and O–H groups in total. The van der Waals surface area contributed by atoms with Crippen molar-refractivity contribution < 1.29 is 4.79 Å². The summed E-state index contributed by atoms with van der Waals surface area (Å²) in [6, 6.07) is 13.9. The molecule has 4 rings (SSSR count). The number of rotatable bonds is 1. The number of carbonyl (C=O) groups excluding carboxylic acids is 1. The maximum absolute atomic E-state index is 12.1. The van der Waals surface area contributed by atoms with E-state index in [2.05, 4.69) is 57.2 Å². The van der Waals surface area contributed by atoms with Crippen LogP contribution in [0.2, 0.25) is 0 Å². The fraction of sp³-hybridized carbons (Fsp3) is 0.435. The molecule has 2 atom stereocenters. The van der Waals surface area contributed by atoms with Gasteiger partial charge in [-0.05, 0) is 66.5 Å². The predicted molar refractivity (Wildman–Crippen MR) is 103 cm³/mol. The Morgan fingerprint density at radius 3 is 2.72 bits per heavy atom. The summed E-state index contributed by atoms with van der Waals surface area (Å²) in [5.74, 6) is 0.304. The summed E-state index contributed by atoms with van der Waals surface area (Å²) in [4.78, 5) is 14.1. The van der Waals surface area contributed by atoms with Crippen LogP contribution in [0.1, 0.15) is 48.4 Å². The molecule has 2 nitrogen and oxygen atoms in total. The summed E-state index contributed by atoms with van der Waals surface area (Å²) in [6.07, 6.45) is 3.77. The van der Waals surface area contributed by atoms with Crippen LogP contribution in [-0.2, 0) is 16.6 Å². The van der Waals surface area contributed by atoms with Gasteiger partial charge in [-0.1, -0.05) is 43.3 Å². The first-order valence-electron chi connectivity index (χ1n) is 9.37. The van der Waals surface area contributed by atoms with E-state index in [1.165, 1.54) is 33.4 Å². The van der Waals surface area contributed by atoms with Crippen molar-refractivity contribution in [1.82, 2.24) is 4.90 Å². The molecule has 2 aromatic carbocycles. The number of likely N-dealkylation sites (tertiary alicyclic amines) is 1. The number of piperidine rings is 1. The summed E-state index contributed by atoms with van der Waals surface area (Å²) >= 11 is 0. The second-order valence-electron chi connectivity index (χ2n) is 8.10. The fourth-order valence-corrected chi connectivity index (χ4v) is 5.02.